The lowest BCUT2D eigenvalue weighted by molar-refractivity contribution is 0.0950. The molecule has 6 heteroatoms. The van der Waals surface area contributed by atoms with Crippen LogP contribution in [0.25, 0.3) is 0 Å². The van der Waals surface area contributed by atoms with Crippen LogP contribution in [0.3, 0.4) is 0 Å². The van der Waals surface area contributed by atoms with Crippen LogP contribution in [0.15, 0.2) is 30.6 Å². The Hall–Kier alpha value is -1.52. The van der Waals surface area contributed by atoms with Gasteiger partial charge in [-0.2, -0.15) is 0 Å². The van der Waals surface area contributed by atoms with Gasteiger partial charge < -0.3 is 9.88 Å². The zero-order valence-corrected chi connectivity index (χ0v) is 11.2. The Kier molecular flexibility index (Phi) is 3.89. The Balaban J connectivity index is 2.03. The van der Waals surface area contributed by atoms with Crippen molar-refractivity contribution in [2.24, 2.45) is 7.05 Å². The number of halogens is 2. The molecule has 0 saturated heterocycles. The molecule has 0 aliphatic heterocycles. The summed E-state index contributed by atoms with van der Waals surface area (Å²) in [5, 5.41) is 3.14. The number of hydrogen-bond acceptors (Lipinski definition) is 2. The smallest absolute Gasteiger partial charge is 0.254 e. The van der Waals surface area contributed by atoms with Crippen molar-refractivity contribution in [3.63, 3.8) is 0 Å². The molecule has 0 fully saturated rings. The number of pyridine rings is 1. The highest BCUT2D eigenvalue weighted by Gasteiger charge is 2.11. The Bertz CT molecular complexity index is 580. The van der Waals surface area contributed by atoms with Crippen LogP contribution in [0.1, 0.15) is 15.9 Å². The summed E-state index contributed by atoms with van der Waals surface area (Å²) in [6.45, 7) is 0.443. The normalized spacial score (nSPS) is 10.4. The van der Waals surface area contributed by atoms with Gasteiger partial charge in [-0.15, -0.1) is 0 Å². The number of carbonyl (C=O) groups is 1. The SMILES string of the molecule is Cn1ccc(CNC(=O)c2ccc(Cl)nc2Cl)c1. The molecule has 0 unspecified atom stereocenters. The van der Waals surface area contributed by atoms with E-state index in [1.807, 2.05) is 30.1 Å². The topological polar surface area (TPSA) is 46.9 Å². The molecule has 1 amide bonds. The molecule has 94 valence electrons. The van der Waals surface area contributed by atoms with E-state index in [0.29, 0.717) is 12.1 Å². The molecule has 2 heterocycles. The van der Waals surface area contributed by atoms with Crippen molar-refractivity contribution < 1.29 is 4.79 Å². The molecule has 1 N–H and O–H groups in total. The van der Waals surface area contributed by atoms with Crippen LogP contribution >= 0.6 is 23.2 Å². The number of aryl methyl sites for hydroxylation is 1. The maximum absolute atomic E-state index is 11.9. The number of amides is 1. The number of aromatic nitrogens is 2. The summed E-state index contributed by atoms with van der Waals surface area (Å²) in [4.78, 5) is 15.7. The second-order valence-electron chi connectivity index (χ2n) is 3.84. The average Bonchev–Trinajstić information content (AvgIpc) is 2.72. The van der Waals surface area contributed by atoms with E-state index in [-0.39, 0.29) is 16.2 Å². The van der Waals surface area contributed by atoms with E-state index in [1.165, 1.54) is 6.07 Å². The third-order valence-corrected chi connectivity index (χ3v) is 2.90. The first kappa shape index (κ1) is 12.9. The fourth-order valence-electron chi connectivity index (χ4n) is 1.52. The van der Waals surface area contributed by atoms with Crippen molar-refractivity contribution in [1.82, 2.24) is 14.9 Å². The molecule has 0 spiro atoms. The molecule has 0 aromatic carbocycles. The maximum Gasteiger partial charge on any atom is 0.254 e. The maximum atomic E-state index is 11.9. The second kappa shape index (κ2) is 5.42. The van der Waals surface area contributed by atoms with Crippen LogP contribution < -0.4 is 5.32 Å². The van der Waals surface area contributed by atoms with Crippen molar-refractivity contribution in [2.45, 2.75) is 6.54 Å². The molecule has 0 aliphatic rings. The van der Waals surface area contributed by atoms with Gasteiger partial charge in [0.25, 0.3) is 5.91 Å². The van der Waals surface area contributed by atoms with Gasteiger partial charge in [0, 0.05) is 26.0 Å². The molecule has 0 saturated carbocycles. The van der Waals surface area contributed by atoms with Gasteiger partial charge in [-0.05, 0) is 23.8 Å². The number of nitrogens with zero attached hydrogens (tertiary/aromatic N) is 2. The molecule has 4 nitrogen and oxygen atoms in total. The third kappa shape index (κ3) is 3.03. The van der Waals surface area contributed by atoms with E-state index in [2.05, 4.69) is 10.3 Å². The lowest BCUT2D eigenvalue weighted by Crippen LogP contribution is -2.23. The highest BCUT2D eigenvalue weighted by atomic mass is 35.5. The summed E-state index contributed by atoms with van der Waals surface area (Å²) in [6.07, 6.45) is 3.85. The summed E-state index contributed by atoms with van der Waals surface area (Å²) < 4.78 is 1.91. The molecule has 2 aromatic heterocycles. The summed E-state index contributed by atoms with van der Waals surface area (Å²) in [6, 6.07) is 5.02. The quantitative estimate of drug-likeness (QED) is 0.881. The summed E-state index contributed by atoms with van der Waals surface area (Å²) in [5.74, 6) is -0.270. The van der Waals surface area contributed by atoms with Crippen molar-refractivity contribution in [3.8, 4) is 0 Å². The molecular weight excluding hydrogens is 273 g/mol. The third-order valence-electron chi connectivity index (χ3n) is 2.41. The minimum Gasteiger partial charge on any atom is -0.357 e. The van der Waals surface area contributed by atoms with Crippen LogP contribution in [0.5, 0.6) is 0 Å². The highest BCUT2D eigenvalue weighted by Crippen LogP contribution is 2.16. The van der Waals surface area contributed by atoms with Gasteiger partial charge in [0.2, 0.25) is 0 Å². The molecule has 2 rings (SSSR count). The fraction of sp³-hybridized carbons (Fsp3) is 0.167. The van der Waals surface area contributed by atoms with Gasteiger partial charge in [0.05, 0.1) is 5.56 Å². The lowest BCUT2D eigenvalue weighted by Gasteiger charge is -2.05. The Morgan fingerprint density at radius 2 is 2.17 bits per heavy atom. The predicted molar refractivity (Wildman–Crippen MR) is 70.8 cm³/mol. The molecule has 0 aliphatic carbocycles. The number of rotatable bonds is 3. The minimum absolute atomic E-state index is 0.105. The van der Waals surface area contributed by atoms with Crippen LogP contribution in [-0.4, -0.2) is 15.5 Å². The first-order valence-corrected chi connectivity index (χ1v) is 6.03. The summed E-state index contributed by atoms with van der Waals surface area (Å²) >= 11 is 11.5. The lowest BCUT2D eigenvalue weighted by atomic mass is 10.2. The van der Waals surface area contributed by atoms with Crippen LogP contribution in [0.4, 0.5) is 0 Å². The van der Waals surface area contributed by atoms with Crippen molar-refractivity contribution in [3.05, 3.63) is 52.0 Å². The van der Waals surface area contributed by atoms with Gasteiger partial charge in [0.1, 0.15) is 10.3 Å². The van der Waals surface area contributed by atoms with Gasteiger partial charge in [-0.25, -0.2) is 4.98 Å². The zero-order valence-electron chi connectivity index (χ0n) is 9.65. The van der Waals surface area contributed by atoms with Gasteiger partial charge in [-0.3, -0.25) is 4.79 Å². The van der Waals surface area contributed by atoms with E-state index < -0.39 is 0 Å². The van der Waals surface area contributed by atoms with Gasteiger partial charge >= 0.3 is 0 Å². The molecule has 18 heavy (non-hydrogen) atoms. The fourth-order valence-corrected chi connectivity index (χ4v) is 1.96. The Morgan fingerprint density at radius 3 is 2.78 bits per heavy atom. The Labute approximate surface area is 115 Å². The number of hydrogen-bond donors (Lipinski definition) is 1. The molecule has 2 aromatic rings. The minimum atomic E-state index is -0.270. The largest absolute Gasteiger partial charge is 0.357 e. The van der Waals surface area contributed by atoms with Crippen molar-refractivity contribution in [1.29, 1.82) is 0 Å². The van der Waals surface area contributed by atoms with E-state index in [1.54, 1.807) is 6.07 Å². The first-order chi connectivity index (χ1) is 8.56. The van der Waals surface area contributed by atoms with Crippen LogP contribution in [0, 0.1) is 0 Å². The van der Waals surface area contributed by atoms with Gasteiger partial charge in [-0.1, -0.05) is 23.2 Å². The first-order valence-electron chi connectivity index (χ1n) is 5.27. The predicted octanol–water partition coefficient (Wildman–Crippen LogP) is 2.66. The van der Waals surface area contributed by atoms with Gasteiger partial charge in [0.15, 0.2) is 0 Å². The van der Waals surface area contributed by atoms with Crippen molar-refractivity contribution in [2.75, 3.05) is 0 Å². The average molecular weight is 284 g/mol. The molecule has 0 radical (unpaired) electrons. The van der Waals surface area contributed by atoms with E-state index in [0.717, 1.165) is 5.56 Å². The number of carbonyl (C=O) groups excluding carboxylic acids is 1. The van der Waals surface area contributed by atoms with Crippen LogP contribution in [0.2, 0.25) is 10.3 Å². The standard InChI is InChI=1S/C12H11Cl2N3O/c1-17-5-4-8(7-17)6-15-12(18)9-2-3-10(13)16-11(9)14/h2-5,7H,6H2,1H3,(H,15,18). The van der Waals surface area contributed by atoms with E-state index >= 15 is 0 Å². The molecule has 0 bridgehead atoms. The number of nitrogens with one attached hydrogen (secondary N) is 1. The Morgan fingerprint density at radius 1 is 1.39 bits per heavy atom. The molecular formula is C12H11Cl2N3O. The van der Waals surface area contributed by atoms with Crippen molar-refractivity contribution >= 4 is 29.1 Å². The second-order valence-corrected chi connectivity index (χ2v) is 4.59. The molecule has 0 atom stereocenters. The summed E-state index contributed by atoms with van der Waals surface area (Å²) in [5.41, 5.74) is 1.33. The van der Waals surface area contributed by atoms with Crippen LogP contribution in [-0.2, 0) is 13.6 Å². The van der Waals surface area contributed by atoms with E-state index in [9.17, 15) is 4.79 Å². The highest BCUT2D eigenvalue weighted by molar-refractivity contribution is 6.34. The monoisotopic (exact) mass is 283 g/mol. The zero-order chi connectivity index (χ0) is 13.1. The van der Waals surface area contributed by atoms with E-state index in [4.69, 9.17) is 23.2 Å². The summed E-state index contributed by atoms with van der Waals surface area (Å²) in [7, 11) is 1.92.